The third-order valence-corrected chi connectivity index (χ3v) is 7.04. The fourth-order valence-electron chi connectivity index (χ4n) is 4.92. The first-order valence-corrected chi connectivity index (χ1v) is 12.9. The highest BCUT2D eigenvalue weighted by atomic mass is 16.5. The van der Waals surface area contributed by atoms with Crippen molar-refractivity contribution in [3.63, 3.8) is 0 Å². The zero-order valence-electron chi connectivity index (χ0n) is 21.7. The standard InChI is InChI=1S/C31H35N5O/c1-23-9-8-14-33-29(23)21-30-31(37-2)20-25(34-30)19-24(27-12-6-7-13-28(27)32)22-35-15-17-36(18-16-35)26-10-4-3-5-11-26/h3-8,10-14,19-21,33H,9,15-18,22,32H2,1-2H3/b24-19+,30-21-. The lowest BCUT2D eigenvalue weighted by molar-refractivity contribution is 0.288. The highest BCUT2D eigenvalue weighted by molar-refractivity contribution is 6.11. The summed E-state index contributed by atoms with van der Waals surface area (Å²) in [5.41, 5.74) is 14.8. The van der Waals surface area contributed by atoms with Gasteiger partial charge in [0.05, 0.1) is 12.8 Å². The number of nitrogens with two attached hydrogens (primary N) is 1. The molecule has 3 aliphatic heterocycles. The quantitative estimate of drug-likeness (QED) is 0.524. The fourth-order valence-corrected chi connectivity index (χ4v) is 4.92. The molecule has 1 fully saturated rings. The number of methoxy groups -OCH3 is 1. The maximum Gasteiger partial charge on any atom is 0.146 e. The van der Waals surface area contributed by atoms with Gasteiger partial charge in [0.2, 0.25) is 0 Å². The molecule has 1 saturated heterocycles. The Labute approximate surface area is 219 Å². The minimum atomic E-state index is 0.764. The van der Waals surface area contributed by atoms with Crippen LogP contribution in [0.2, 0.25) is 0 Å². The molecular formula is C31H35N5O. The molecule has 0 unspecified atom stereocenters. The second kappa shape index (κ2) is 11.4. The van der Waals surface area contributed by atoms with Crippen molar-refractivity contribution in [2.45, 2.75) is 13.3 Å². The van der Waals surface area contributed by atoms with Crippen LogP contribution in [0.5, 0.6) is 0 Å². The van der Waals surface area contributed by atoms with Crippen LogP contribution in [0.4, 0.5) is 11.4 Å². The molecule has 3 N–H and O–H groups in total. The summed E-state index contributed by atoms with van der Waals surface area (Å²) in [5, 5.41) is 3.33. The average molecular weight is 494 g/mol. The topological polar surface area (TPSA) is 66.1 Å². The summed E-state index contributed by atoms with van der Waals surface area (Å²) in [6.45, 7) is 6.91. The molecule has 0 atom stereocenters. The van der Waals surface area contributed by atoms with E-state index in [4.69, 9.17) is 15.5 Å². The van der Waals surface area contributed by atoms with Crippen molar-refractivity contribution in [3.8, 4) is 0 Å². The lowest BCUT2D eigenvalue weighted by atomic mass is 10.0. The number of nitrogen functional groups attached to an aromatic ring is 1. The number of anilines is 2. The molecule has 0 aromatic heterocycles. The van der Waals surface area contributed by atoms with Crippen LogP contribution in [0.3, 0.4) is 0 Å². The normalized spacial score (nSPS) is 19.7. The van der Waals surface area contributed by atoms with E-state index in [1.54, 1.807) is 7.11 Å². The van der Waals surface area contributed by atoms with Crippen molar-refractivity contribution >= 4 is 22.7 Å². The van der Waals surface area contributed by atoms with Gasteiger partial charge in [0.15, 0.2) is 0 Å². The number of para-hydroxylation sites is 2. The van der Waals surface area contributed by atoms with Crippen molar-refractivity contribution in [2.75, 3.05) is 50.5 Å². The Morgan fingerprint density at radius 3 is 2.54 bits per heavy atom. The van der Waals surface area contributed by atoms with Crippen LogP contribution in [0.25, 0.3) is 5.57 Å². The predicted molar refractivity (Wildman–Crippen MR) is 154 cm³/mol. The lowest BCUT2D eigenvalue weighted by Crippen LogP contribution is -2.46. The summed E-state index contributed by atoms with van der Waals surface area (Å²) in [7, 11) is 1.69. The summed E-state index contributed by atoms with van der Waals surface area (Å²) in [6.07, 6.45) is 11.3. The Kier molecular flexibility index (Phi) is 7.57. The number of hydrogen-bond donors (Lipinski definition) is 2. The number of benzene rings is 2. The molecule has 0 bridgehead atoms. The van der Waals surface area contributed by atoms with Crippen molar-refractivity contribution in [3.05, 3.63) is 113 Å². The van der Waals surface area contributed by atoms with E-state index in [1.807, 2.05) is 30.5 Å². The molecule has 190 valence electrons. The molecule has 37 heavy (non-hydrogen) atoms. The smallest absolute Gasteiger partial charge is 0.146 e. The number of ether oxygens (including phenoxy) is 1. The van der Waals surface area contributed by atoms with Crippen molar-refractivity contribution in [1.82, 2.24) is 10.2 Å². The van der Waals surface area contributed by atoms with Crippen LogP contribution in [0.1, 0.15) is 18.9 Å². The number of nitrogens with one attached hydrogen (secondary N) is 1. The third kappa shape index (κ3) is 5.87. The molecule has 5 rings (SSSR count). The van der Waals surface area contributed by atoms with Gasteiger partial charge in [-0.2, -0.15) is 0 Å². The Bertz CT molecular complexity index is 1310. The van der Waals surface area contributed by atoms with Gasteiger partial charge in [0, 0.05) is 61.4 Å². The number of allylic oxidation sites excluding steroid dienone is 5. The minimum Gasteiger partial charge on any atom is -0.494 e. The Hall–Kier alpha value is -4.03. The Morgan fingerprint density at radius 1 is 1.05 bits per heavy atom. The fraction of sp³-hybridized carbons (Fsp3) is 0.258. The van der Waals surface area contributed by atoms with Crippen LogP contribution < -0.4 is 16.0 Å². The molecule has 2 aromatic rings. The molecule has 0 spiro atoms. The molecule has 0 saturated carbocycles. The molecule has 0 aliphatic carbocycles. The average Bonchev–Trinajstić information content (AvgIpc) is 3.32. The van der Waals surface area contributed by atoms with Crippen molar-refractivity contribution in [1.29, 1.82) is 0 Å². The van der Waals surface area contributed by atoms with Gasteiger partial charge in [-0.3, -0.25) is 4.90 Å². The molecular weight excluding hydrogens is 458 g/mol. The molecule has 3 heterocycles. The van der Waals surface area contributed by atoms with E-state index < -0.39 is 0 Å². The molecule has 6 nitrogen and oxygen atoms in total. The van der Waals surface area contributed by atoms with Gasteiger partial charge in [-0.25, -0.2) is 4.99 Å². The Morgan fingerprint density at radius 2 is 1.81 bits per heavy atom. The van der Waals surface area contributed by atoms with Crippen molar-refractivity contribution in [2.24, 2.45) is 4.99 Å². The summed E-state index contributed by atoms with van der Waals surface area (Å²) < 4.78 is 5.69. The molecule has 3 aliphatic rings. The van der Waals surface area contributed by atoms with Gasteiger partial charge in [0.1, 0.15) is 11.5 Å². The van der Waals surface area contributed by atoms with Crippen LogP contribution in [0, 0.1) is 0 Å². The van der Waals surface area contributed by atoms with Crippen LogP contribution in [-0.2, 0) is 4.74 Å². The van der Waals surface area contributed by atoms with Crippen LogP contribution in [-0.4, -0.2) is 50.4 Å². The van der Waals surface area contributed by atoms with E-state index in [9.17, 15) is 0 Å². The van der Waals surface area contributed by atoms with Gasteiger partial charge < -0.3 is 20.7 Å². The van der Waals surface area contributed by atoms with Gasteiger partial charge in [-0.1, -0.05) is 42.5 Å². The first-order chi connectivity index (χ1) is 18.1. The van der Waals surface area contributed by atoms with E-state index in [1.165, 1.54) is 11.3 Å². The summed E-state index contributed by atoms with van der Waals surface area (Å²) >= 11 is 0. The zero-order chi connectivity index (χ0) is 25.6. The first-order valence-electron chi connectivity index (χ1n) is 12.9. The SMILES string of the molecule is COC1=CC(/C=C(\CN2CCN(c3ccccc3)CC2)c2ccccc2N)=NC/1=C\C1=C(C)CC=CN1. The molecule has 2 aromatic carbocycles. The maximum absolute atomic E-state index is 6.44. The van der Waals surface area contributed by atoms with Gasteiger partial charge in [-0.15, -0.1) is 0 Å². The number of aliphatic imine (C=N–C) groups is 1. The predicted octanol–water partition coefficient (Wildman–Crippen LogP) is 5.12. The largest absolute Gasteiger partial charge is 0.494 e. The molecule has 6 heteroatoms. The van der Waals surface area contributed by atoms with Gasteiger partial charge in [0.25, 0.3) is 0 Å². The molecule has 0 radical (unpaired) electrons. The zero-order valence-corrected chi connectivity index (χ0v) is 21.7. The number of hydrogen-bond acceptors (Lipinski definition) is 6. The van der Waals surface area contributed by atoms with Crippen LogP contribution in [0.15, 0.2) is 113 Å². The van der Waals surface area contributed by atoms with E-state index in [0.717, 1.165) is 78.8 Å². The lowest BCUT2D eigenvalue weighted by Gasteiger charge is -2.36. The monoisotopic (exact) mass is 493 g/mol. The van der Waals surface area contributed by atoms with E-state index in [2.05, 4.69) is 76.7 Å². The maximum atomic E-state index is 6.44. The minimum absolute atomic E-state index is 0.764. The number of dihydropyridines is 1. The van der Waals surface area contributed by atoms with Gasteiger partial charge in [-0.05, 0) is 61.0 Å². The summed E-state index contributed by atoms with van der Waals surface area (Å²) in [4.78, 5) is 9.88. The van der Waals surface area contributed by atoms with E-state index in [0.29, 0.717) is 0 Å². The first kappa shape index (κ1) is 24.7. The Balaban J connectivity index is 1.39. The van der Waals surface area contributed by atoms with Gasteiger partial charge >= 0.3 is 0 Å². The third-order valence-electron chi connectivity index (χ3n) is 7.04. The highest BCUT2D eigenvalue weighted by Gasteiger charge is 2.21. The summed E-state index contributed by atoms with van der Waals surface area (Å²) in [5.74, 6) is 0.764. The van der Waals surface area contributed by atoms with Crippen LogP contribution >= 0.6 is 0 Å². The number of rotatable bonds is 7. The number of nitrogens with zero attached hydrogens (tertiary/aromatic N) is 3. The second-order valence-corrected chi connectivity index (χ2v) is 9.58. The highest BCUT2D eigenvalue weighted by Crippen LogP contribution is 2.28. The second-order valence-electron chi connectivity index (χ2n) is 9.58. The molecule has 0 amide bonds. The summed E-state index contributed by atoms with van der Waals surface area (Å²) in [6, 6.07) is 18.7. The number of piperazine rings is 1. The van der Waals surface area contributed by atoms with E-state index in [-0.39, 0.29) is 0 Å². The van der Waals surface area contributed by atoms with E-state index >= 15 is 0 Å². The van der Waals surface area contributed by atoms with Crippen molar-refractivity contribution < 1.29 is 4.74 Å².